The molecule has 0 aromatic heterocycles. The molecule has 0 amide bonds. The van der Waals surface area contributed by atoms with Crippen LogP contribution in [0.4, 0.5) is 0 Å². The van der Waals surface area contributed by atoms with Crippen LogP contribution in [0.25, 0.3) is 0 Å². The first-order valence-corrected chi connectivity index (χ1v) is 15.6. The van der Waals surface area contributed by atoms with E-state index in [1.54, 1.807) is 0 Å². The van der Waals surface area contributed by atoms with Crippen molar-refractivity contribution in [1.29, 1.82) is 0 Å². The zero-order chi connectivity index (χ0) is 32.4. The van der Waals surface area contributed by atoms with Crippen LogP contribution in [0.1, 0.15) is 155 Å². The standard InChI is InChI=1S/C40H58O2/c1-35(2,3)29-21-27(22-30(33(29)41)36(4,5)6)39(13,14)25-17-19-26(20-18-25)40(15,16)28-23-31(37(7,8)9)34(42)32(24-28)38(10,11)12/h17-24,41-42H,1-16H3. The van der Waals surface area contributed by atoms with Gasteiger partial charge in [0.15, 0.2) is 0 Å². The average Bonchev–Trinajstić information content (AvgIpc) is 2.81. The lowest BCUT2D eigenvalue weighted by Crippen LogP contribution is -2.25. The lowest BCUT2D eigenvalue weighted by Gasteiger charge is -2.34. The molecule has 0 fully saturated rings. The minimum atomic E-state index is -0.256. The maximum absolute atomic E-state index is 11.3. The number of aromatic hydroxyl groups is 2. The molecule has 42 heavy (non-hydrogen) atoms. The van der Waals surface area contributed by atoms with Crippen molar-refractivity contribution in [1.82, 2.24) is 0 Å². The smallest absolute Gasteiger partial charge is 0.123 e. The first kappa shape index (κ1) is 33.8. The largest absolute Gasteiger partial charge is 0.507 e. The molecule has 0 spiro atoms. The van der Waals surface area contributed by atoms with E-state index < -0.39 is 0 Å². The third-order valence-corrected chi connectivity index (χ3v) is 9.22. The summed E-state index contributed by atoms with van der Waals surface area (Å²) in [6.45, 7) is 35.1. The van der Waals surface area contributed by atoms with E-state index in [1.807, 2.05) is 0 Å². The van der Waals surface area contributed by atoms with Gasteiger partial charge in [0.1, 0.15) is 11.5 Å². The van der Waals surface area contributed by atoms with E-state index in [9.17, 15) is 10.2 Å². The van der Waals surface area contributed by atoms with E-state index in [1.165, 1.54) is 22.3 Å². The summed E-state index contributed by atoms with van der Waals surface area (Å²) in [4.78, 5) is 0. The molecule has 3 rings (SSSR count). The van der Waals surface area contributed by atoms with Crippen LogP contribution in [0.15, 0.2) is 48.5 Å². The Morgan fingerprint density at radius 3 is 0.690 bits per heavy atom. The molecule has 0 heterocycles. The summed E-state index contributed by atoms with van der Waals surface area (Å²) in [5.41, 5.74) is 7.67. The Labute approximate surface area is 257 Å². The summed E-state index contributed by atoms with van der Waals surface area (Å²) >= 11 is 0. The minimum absolute atomic E-state index is 0.175. The van der Waals surface area contributed by atoms with E-state index in [0.29, 0.717) is 11.5 Å². The van der Waals surface area contributed by atoms with Crippen molar-refractivity contribution in [2.45, 2.75) is 143 Å². The molecule has 0 saturated carbocycles. The van der Waals surface area contributed by atoms with Gasteiger partial charge in [0.2, 0.25) is 0 Å². The molecular weight excluding hydrogens is 512 g/mol. The molecule has 2 heteroatoms. The van der Waals surface area contributed by atoms with E-state index in [0.717, 1.165) is 22.3 Å². The van der Waals surface area contributed by atoms with Crippen LogP contribution < -0.4 is 0 Å². The second-order valence-electron chi connectivity index (χ2n) is 17.7. The van der Waals surface area contributed by atoms with Crippen LogP contribution in [-0.2, 0) is 32.5 Å². The van der Waals surface area contributed by atoms with Gasteiger partial charge in [0, 0.05) is 10.8 Å². The van der Waals surface area contributed by atoms with Crippen LogP contribution >= 0.6 is 0 Å². The van der Waals surface area contributed by atoms with Crippen molar-refractivity contribution in [2.24, 2.45) is 0 Å². The van der Waals surface area contributed by atoms with Gasteiger partial charge in [0.05, 0.1) is 0 Å². The normalized spacial score (nSPS) is 13.9. The molecule has 0 aliphatic carbocycles. The fourth-order valence-electron chi connectivity index (χ4n) is 5.91. The second kappa shape index (κ2) is 10.5. The van der Waals surface area contributed by atoms with Gasteiger partial charge < -0.3 is 10.2 Å². The van der Waals surface area contributed by atoms with Crippen LogP contribution in [-0.4, -0.2) is 10.2 Å². The van der Waals surface area contributed by atoms with E-state index in [2.05, 4.69) is 159 Å². The highest BCUT2D eigenvalue weighted by atomic mass is 16.3. The van der Waals surface area contributed by atoms with Crippen molar-refractivity contribution in [3.05, 3.63) is 93.0 Å². The third kappa shape index (κ3) is 6.43. The van der Waals surface area contributed by atoms with Gasteiger partial charge in [0.25, 0.3) is 0 Å². The van der Waals surface area contributed by atoms with Crippen molar-refractivity contribution < 1.29 is 10.2 Å². The van der Waals surface area contributed by atoms with Crippen molar-refractivity contribution in [3.63, 3.8) is 0 Å². The number of hydrogen-bond donors (Lipinski definition) is 2. The highest BCUT2D eigenvalue weighted by Crippen LogP contribution is 2.46. The van der Waals surface area contributed by atoms with E-state index in [-0.39, 0.29) is 32.5 Å². The summed E-state index contributed by atoms with van der Waals surface area (Å²) in [7, 11) is 0. The van der Waals surface area contributed by atoms with Gasteiger partial charge in [-0.1, -0.05) is 159 Å². The zero-order valence-electron chi connectivity index (χ0n) is 29.5. The minimum Gasteiger partial charge on any atom is -0.507 e. The first-order chi connectivity index (χ1) is 18.7. The molecule has 0 aliphatic rings. The highest BCUT2D eigenvalue weighted by Gasteiger charge is 2.34. The van der Waals surface area contributed by atoms with Crippen LogP contribution in [0.3, 0.4) is 0 Å². The molecule has 230 valence electrons. The van der Waals surface area contributed by atoms with Gasteiger partial charge in [-0.05, 0) is 66.2 Å². The molecule has 0 radical (unpaired) electrons. The number of phenols is 2. The molecule has 0 bridgehead atoms. The molecule has 0 unspecified atom stereocenters. The Morgan fingerprint density at radius 2 is 0.524 bits per heavy atom. The zero-order valence-corrected chi connectivity index (χ0v) is 29.5. The predicted molar refractivity (Wildman–Crippen MR) is 182 cm³/mol. The van der Waals surface area contributed by atoms with Gasteiger partial charge in [-0.3, -0.25) is 0 Å². The third-order valence-electron chi connectivity index (χ3n) is 9.22. The fraction of sp³-hybridized carbons (Fsp3) is 0.550. The number of hydrogen-bond acceptors (Lipinski definition) is 2. The first-order valence-electron chi connectivity index (χ1n) is 15.6. The molecule has 3 aromatic rings. The highest BCUT2D eigenvalue weighted by molar-refractivity contribution is 5.55. The Hall–Kier alpha value is -2.74. The Balaban J connectivity index is 2.16. The van der Waals surface area contributed by atoms with E-state index in [4.69, 9.17) is 0 Å². The topological polar surface area (TPSA) is 40.5 Å². The summed E-state index contributed by atoms with van der Waals surface area (Å²) < 4.78 is 0. The molecule has 2 nitrogen and oxygen atoms in total. The van der Waals surface area contributed by atoms with E-state index >= 15 is 0 Å². The van der Waals surface area contributed by atoms with Crippen LogP contribution in [0.2, 0.25) is 0 Å². The SMILES string of the molecule is CC(C)(C)c1cc(C(C)(C)c2ccc(C(C)(C)c3cc(C(C)(C)C)c(O)c(C(C)(C)C)c3)cc2)cc(C(C)(C)C)c1O. The molecule has 3 aromatic carbocycles. The molecular formula is C40H58O2. The summed E-state index contributed by atoms with van der Waals surface area (Å²) in [6, 6.07) is 17.9. The fourth-order valence-corrected chi connectivity index (χ4v) is 5.91. The molecule has 2 N–H and O–H groups in total. The van der Waals surface area contributed by atoms with Gasteiger partial charge in [-0.15, -0.1) is 0 Å². The van der Waals surface area contributed by atoms with Gasteiger partial charge >= 0.3 is 0 Å². The lowest BCUT2D eigenvalue weighted by atomic mass is 9.70. The Morgan fingerprint density at radius 1 is 0.333 bits per heavy atom. The number of rotatable bonds is 4. The molecule has 0 atom stereocenters. The number of benzene rings is 3. The summed E-state index contributed by atoms with van der Waals surface area (Å²) in [5, 5.41) is 22.6. The van der Waals surface area contributed by atoms with Crippen LogP contribution in [0.5, 0.6) is 11.5 Å². The number of phenolic OH excluding ortho intramolecular Hbond substituents is 2. The second-order valence-corrected chi connectivity index (χ2v) is 17.7. The van der Waals surface area contributed by atoms with Crippen molar-refractivity contribution in [2.75, 3.05) is 0 Å². The van der Waals surface area contributed by atoms with Gasteiger partial charge in [-0.25, -0.2) is 0 Å². The van der Waals surface area contributed by atoms with Gasteiger partial charge in [-0.2, -0.15) is 0 Å². The summed E-state index contributed by atoms with van der Waals surface area (Å²) in [6.07, 6.45) is 0. The molecule has 0 saturated heterocycles. The predicted octanol–water partition coefficient (Wildman–Crippen LogP) is 10.9. The van der Waals surface area contributed by atoms with Crippen molar-refractivity contribution >= 4 is 0 Å². The maximum atomic E-state index is 11.3. The monoisotopic (exact) mass is 570 g/mol. The Kier molecular flexibility index (Phi) is 8.41. The molecule has 0 aliphatic heterocycles. The lowest BCUT2D eigenvalue weighted by molar-refractivity contribution is 0.420. The van der Waals surface area contributed by atoms with Crippen LogP contribution in [0, 0.1) is 0 Å². The maximum Gasteiger partial charge on any atom is 0.123 e. The Bertz CT molecular complexity index is 1260. The average molecular weight is 571 g/mol. The summed E-state index contributed by atoms with van der Waals surface area (Å²) in [5.74, 6) is 0.842. The quantitative estimate of drug-likeness (QED) is 0.327. The van der Waals surface area contributed by atoms with Crippen molar-refractivity contribution in [3.8, 4) is 11.5 Å².